The fourth-order valence-corrected chi connectivity index (χ4v) is 1.99. The van der Waals surface area contributed by atoms with E-state index in [2.05, 4.69) is 16.4 Å². The molecule has 89 valence electrons. The van der Waals surface area contributed by atoms with Crippen molar-refractivity contribution in [1.82, 2.24) is 10.2 Å². The molecule has 0 amide bonds. The number of nitrogens with zero attached hydrogens (tertiary/aromatic N) is 1. The molecule has 0 aliphatic heterocycles. The lowest BCUT2D eigenvalue weighted by molar-refractivity contribution is 0.580. The third-order valence-corrected chi connectivity index (χ3v) is 2.77. The molecule has 0 aliphatic carbocycles. The van der Waals surface area contributed by atoms with Crippen LogP contribution in [0.4, 0.5) is 8.78 Å². The van der Waals surface area contributed by atoms with Crippen LogP contribution in [0.25, 0.3) is 10.9 Å². The van der Waals surface area contributed by atoms with E-state index in [1.807, 2.05) is 18.2 Å². The first-order valence-electron chi connectivity index (χ1n) is 5.50. The molecule has 3 aromatic rings. The first-order valence-corrected chi connectivity index (χ1v) is 5.50. The summed E-state index contributed by atoms with van der Waals surface area (Å²) in [5.74, 6) is -1.11. The van der Waals surface area contributed by atoms with Gasteiger partial charge in [-0.15, -0.1) is 0 Å². The number of H-pyrrole nitrogens is 1. The Balaban J connectivity index is 1.95. The molecule has 0 unspecified atom stereocenters. The van der Waals surface area contributed by atoms with Crippen LogP contribution in [-0.2, 0) is 6.42 Å². The van der Waals surface area contributed by atoms with Crippen molar-refractivity contribution < 1.29 is 8.78 Å². The van der Waals surface area contributed by atoms with Crippen LogP contribution in [0, 0.1) is 17.8 Å². The van der Waals surface area contributed by atoms with Crippen molar-refractivity contribution >= 4 is 10.9 Å². The molecule has 3 rings (SSSR count). The number of nitrogens with one attached hydrogen (secondary N) is 1. The molecule has 18 heavy (non-hydrogen) atoms. The first kappa shape index (κ1) is 10.9. The van der Waals surface area contributed by atoms with Gasteiger partial charge in [-0.05, 0) is 35.7 Å². The quantitative estimate of drug-likeness (QED) is 0.735. The van der Waals surface area contributed by atoms with Gasteiger partial charge in [-0.2, -0.15) is 5.10 Å². The number of hydrogen-bond acceptors (Lipinski definition) is 1. The van der Waals surface area contributed by atoms with Gasteiger partial charge in [0.15, 0.2) is 0 Å². The summed E-state index contributed by atoms with van der Waals surface area (Å²) in [7, 11) is 0. The molecule has 0 atom stereocenters. The number of aromatic nitrogens is 2. The average molecular weight is 243 g/mol. The van der Waals surface area contributed by atoms with E-state index >= 15 is 0 Å². The van der Waals surface area contributed by atoms with Gasteiger partial charge in [0.25, 0.3) is 0 Å². The highest BCUT2D eigenvalue weighted by molar-refractivity contribution is 5.77. The van der Waals surface area contributed by atoms with E-state index in [9.17, 15) is 8.78 Å². The zero-order valence-corrected chi connectivity index (χ0v) is 9.37. The molecule has 2 aromatic carbocycles. The number of rotatable bonds is 2. The van der Waals surface area contributed by atoms with Crippen LogP contribution in [0.5, 0.6) is 0 Å². The molecule has 0 fully saturated rings. The van der Waals surface area contributed by atoms with Crippen molar-refractivity contribution in [3.8, 4) is 0 Å². The molecule has 0 saturated heterocycles. The Bertz CT molecular complexity index is 684. The Labute approximate surface area is 102 Å². The van der Waals surface area contributed by atoms with Crippen molar-refractivity contribution in [2.75, 3.05) is 0 Å². The normalized spacial score (nSPS) is 11.0. The number of aromatic amines is 1. The van der Waals surface area contributed by atoms with E-state index in [-0.39, 0.29) is 0 Å². The van der Waals surface area contributed by atoms with Crippen LogP contribution in [0.15, 0.2) is 36.4 Å². The van der Waals surface area contributed by atoms with Crippen LogP contribution in [0.2, 0.25) is 0 Å². The van der Waals surface area contributed by atoms with E-state index < -0.39 is 11.6 Å². The van der Waals surface area contributed by atoms with Crippen molar-refractivity contribution in [3.05, 3.63) is 65.4 Å². The first-order chi connectivity index (χ1) is 8.70. The molecule has 0 bridgehead atoms. The molecular weight excluding hydrogens is 234 g/mol. The standard InChI is InChI=1S/C14H9F2N2/c15-12-4-10(5-13(16)7-12)3-9-1-2-11-8-17-18-14(11)6-9/h1-2,4-7H,3H2,(H,17,18). The van der Waals surface area contributed by atoms with Gasteiger partial charge in [-0.25, -0.2) is 8.78 Å². The Morgan fingerprint density at radius 2 is 1.78 bits per heavy atom. The summed E-state index contributed by atoms with van der Waals surface area (Å²) in [6.45, 7) is 0. The second-order valence-corrected chi connectivity index (χ2v) is 4.17. The molecule has 0 aliphatic rings. The molecular formula is C14H9F2N2. The van der Waals surface area contributed by atoms with E-state index in [0.29, 0.717) is 12.0 Å². The zero-order chi connectivity index (χ0) is 12.5. The van der Waals surface area contributed by atoms with Crippen LogP contribution in [0.3, 0.4) is 0 Å². The maximum absolute atomic E-state index is 13.1. The van der Waals surface area contributed by atoms with Crippen molar-refractivity contribution in [2.45, 2.75) is 6.42 Å². The fourth-order valence-electron chi connectivity index (χ4n) is 1.99. The number of halogens is 2. The van der Waals surface area contributed by atoms with Gasteiger partial charge >= 0.3 is 0 Å². The highest BCUT2D eigenvalue weighted by Crippen LogP contribution is 2.17. The molecule has 0 spiro atoms. The lowest BCUT2D eigenvalue weighted by atomic mass is 10.0. The highest BCUT2D eigenvalue weighted by Gasteiger charge is 2.03. The summed E-state index contributed by atoms with van der Waals surface area (Å²) in [5, 5.41) is 7.52. The second-order valence-electron chi connectivity index (χ2n) is 4.17. The highest BCUT2D eigenvalue weighted by atomic mass is 19.1. The van der Waals surface area contributed by atoms with E-state index in [4.69, 9.17) is 0 Å². The minimum absolute atomic E-state index is 0.476. The van der Waals surface area contributed by atoms with E-state index in [0.717, 1.165) is 22.5 Å². The van der Waals surface area contributed by atoms with Crippen LogP contribution in [0.1, 0.15) is 11.1 Å². The molecule has 1 heterocycles. The van der Waals surface area contributed by atoms with Crippen LogP contribution < -0.4 is 0 Å². The largest absolute Gasteiger partial charge is 0.277 e. The smallest absolute Gasteiger partial charge is 0.126 e. The van der Waals surface area contributed by atoms with Crippen molar-refractivity contribution in [2.24, 2.45) is 0 Å². The van der Waals surface area contributed by atoms with Crippen LogP contribution >= 0.6 is 0 Å². The molecule has 1 radical (unpaired) electrons. The molecule has 1 N–H and O–H groups in total. The fraction of sp³-hybridized carbons (Fsp3) is 0.0714. The third kappa shape index (κ3) is 2.09. The molecule has 2 nitrogen and oxygen atoms in total. The number of fused-ring (bicyclic) bond motifs is 1. The second kappa shape index (κ2) is 4.22. The lowest BCUT2D eigenvalue weighted by Gasteiger charge is -2.03. The van der Waals surface area contributed by atoms with Gasteiger partial charge in [-0.1, -0.05) is 12.1 Å². The minimum atomic E-state index is -0.555. The Morgan fingerprint density at radius 3 is 2.56 bits per heavy atom. The maximum atomic E-state index is 13.1. The average Bonchev–Trinajstić information content (AvgIpc) is 2.74. The van der Waals surface area contributed by atoms with Gasteiger partial charge in [-0.3, -0.25) is 5.10 Å². The summed E-state index contributed by atoms with van der Waals surface area (Å²) in [4.78, 5) is 0. The summed E-state index contributed by atoms with van der Waals surface area (Å²) in [6, 6.07) is 9.23. The SMILES string of the molecule is Fc1cc(F)cc(Cc2ccc3[c]n[nH]c3c2)c1. The lowest BCUT2D eigenvalue weighted by Crippen LogP contribution is -1.91. The third-order valence-electron chi connectivity index (χ3n) is 2.77. The summed E-state index contributed by atoms with van der Waals surface area (Å²) in [5.41, 5.74) is 2.44. The van der Waals surface area contributed by atoms with Gasteiger partial charge in [0.2, 0.25) is 0 Å². The van der Waals surface area contributed by atoms with Gasteiger partial charge in [0.1, 0.15) is 17.8 Å². The van der Waals surface area contributed by atoms with E-state index in [1.165, 1.54) is 12.1 Å². The zero-order valence-electron chi connectivity index (χ0n) is 9.37. The number of benzene rings is 2. The van der Waals surface area contributed by atoms with Crippen molar-refractivity contribution in [3.63, 3.8) is 0 Å². The van der Waals surface area contributed by atoms with Gasteiger partial charge in [0, 0.05) is 11.5 Å². The monoisotopic (exact) mass is 243 g/mol. The molecule has 1 aromatic heterocycles. The minimum Gasteiger partial charge on any atom is -0.277 e. The van der Waals surface area contributed by atoms with E-state index in [1.54, 1.807) is 0 Å². The van der Waals surface area contributed by atoms with Crippen molar-refractivity contribution in [1.29, 1.82) is 0 Å². The Morgan fingerprint density at radius 1 is 1.00 bits per heavy atom. The summed E-state index contributed by atoms with van der Waals surface area (Å²) in [6.07, 6.45) is 3.28. The molecule has 0 saturated carbocycles. The predicted molar refractivity (Wildman–Crippen MR) is 64.1 cm³/mol. The number of hydrogen-bond donors (Lipinski definition) is 1. The maximum Gasteiger partial charge on any atom is 0.126 e. The predicted octanol–water partition coefficient (Wildman–Crippen LogP) is 3.23. The topological polar surface area (TPSA) is 28.7 Å². The molecule has 4 heteroatoms. The summed E-state index contributed by atoms with van der Waals surface area (Å²) >= 11 is 0. The summed E-state index contributed by atoms with van der Waals surface area (Å²) < 4.78 is 26.1. The van der Waals surface area contributed by atoms with Gasteiger partial charge < -0.3 is 0 Å². The van der Waals surface area contributed by atoms with Gasteiger partial charge in [0.05, 0.1) is 5.52 Å². The Kier molecular flexibility index (Phi) is 2.55. The van der Waals surface area contributed by atoms with Crippen LogP contribution in [-0.4, -0.2) is 10.2 Å². The Hall–Kier alpha value is -2.23.